The van der Waals surface area contributed by atoms with Crippen LogP contribution in [-0.4, -0.2) is 24.4 Å². The summed E-state index contributed by atoms with van der Waals surface area (Å²) in [7, 11) is -3.84. The lowest BCUT2D eigenvalue weighted by molar-refractivity contribution is 0.305. The van der Waals surface area contributed by atoms with Gasteiger partial charge in [0.2, 0.25) is 0 Å². The number of sulfone groups is 1. The summed E-state index contributed by atoms with van der Waals surface area (Å²) in [6, 6.07) is 10.8. The van der Waals surface area contributed by atoms with Crippen LogP contribution in [0.5, 0.6) is 0 Å². The van der Waals surface area contributed by atoms with E-state index in [4.69, 9.17) is 11.6 Å². The van der Waals surface area contributed by atoms with Crippen LogP contribution in [0.1, 0.15) is 42.5 Å². The van der Waals surface area contributed by atoms with Crippen LogP contribution >= 0.6 is 11.6 Å². The third-order valence-electron chi connectivity index (χ3n) is 6.49. The molecule has 0 amide bonds. The maximum absolute atomic E-state index is 14.5. The molecule has 4 rings (SSSR count). The van der Waals surface area contributed by atoms with Gasteiger partial charge in [0.15, 0.2) is 9.84 Å². The van der Waals surface area contributed by atoms with E-state index in [1.807, 2.05) is 0 Å². The van der Waals surface area contributed by atoms with Gasteiger partial charge >= 0.3 is 0 Å². The number of rotatable bonds is 8. The highest BCUT2D eigenvalue weighted by atomic mass is 35.5. The second kappa shape index (κ2) is 9.79. The van der Waals surface area contributed by atoms with E-state index in [9.17, 15) is 12.8 Å². The number of hydrogen-bond acceptors (Lipinski definition) is 4. The molecule has 174 valence electrons. The first kappa shape index (κ1) is 23.7. The maximum atomic E-state index is 14.5. The van der Waals surface area contributed by atoms with Crippen molar-refractivity contribution in [1.29, 1.82) is 0 Å². The molecule has 0 radical (unpaired) electrons. The summed E-state index contributed by atoms with van der Waals surface area (Å²) < 4.78 is 41.5. The fourth-order valence-electron chi connectivity index (χ4n) is 4.75. The number of aromatic nitrogens is 2. The monoisotopic (exact) mass is 487 g/mol. The SMILES string of the molecule is C=CCc1ccc(F)cc1C1(S(=O)(=O)c2ccc(Cl)cc2)CCC(NCc2cnc[nH]2)CC1. The Morgan fingerprint density at radius 2 is 1.94 bits per heavy atom. The normalized spacial score (nSPS) is 21.1. The Morgan fingerprint density at radius 3 is 2.58 bits per heavy atom. The van der Waals surface area contributed by atoms with E-state index >= 15 is 0 Å². The van der Waals surface area contributed by atoms with Crippen LogP contribution in [-0.2, 0) is 27.5 Å². The third kappa shape index (κ3) is 4.76. The summed E-state index contributed by atoms with van der Waals surface area (Å²) in [6.07, 6.45) is 7.63. The van der Waals surface area contributed by atoms with Gasteiger partial charge in [-0.2, -0.15) is 0 Å². The highest BCUT2D eigenvalue weighted by Crippen LogP contribution is 2.48. The fourth-order valence-corrected chi connectivity index (χ4v) is 7.08. The largest absolute Gasteiger partial charge is 0.347 e. The number of nitrogens with zero attached hydrogens (tertiary/aromatic N) is 1. The topological polar surface area (TPSA) is 74.8 Å². The van der Waals surface area contributed by atoms with Crippen LogP contribution in [0.15, 0.2) is 72.5 Å². The predicted molar refractivity (Wildman–Crippen MR) is 128 cm³/mol. The Balaban J connectivity index is 1.72. The minimum Gasteiger partial charge on any atom is -0.347 e. The molecule has 8 heteroatoms. The first-order chi connectivity index (χ1) is 15.9. The van der Waals surface area contributed by atoms with Gasteiger partial charge in [0.05, 0.1) is 11.2 Å². The predicted octanol–water partition coefficient (Wildman–Crippen LogP) is 5.33. The van der Waals surface area contributed by atoms with Crippen molar-refractivity contribution < 1.29 is 12.8 Å². The van der Waals surface area contributed by atoms with Crippen molar-refractivity contribution in [1.82, 2.24) is 15.3 Å². The lowest BCUT2D eigenvalue weighted by Gasteiger charge is -2.41. The molecule has 0 aliphatic heterocycles. The number of allylic oxidation sites excluding steroid dienone is 1. The van der Waals surface area contributed by atoms with Gasteiger partial charge < -0.3 is 10.3 Å². The van der Waals surface area contributed by atoms with Crippen molar-refractivity contribution >= 4 is 21.4 Å². The summed E-state index contributed by atoms with van der Waals surface area (Å²) in [4.78, 5) is 7.29. The minimum atomic E-state index is -3.84. The summed E-state index contributed by atoms with van der Waals surface area (Å²) in [5.41, 5.74) is 2.29. The molecule has 1 saturated carbocycles. The van der Waals surface area contributed by atoms with E-state index < -0.39 is 20.4 Å². The maximum Gasteiger partial charge on any atom is 0.188 e. The first-order valence-electron chi connectivity index (χ1n) is 11.0. The van der Waals surface area contributed by atoms with E-state index in [1.54, 1.807) is 36.8 Å². The number of halogens is 2. The highest BCUT2D eigenvalue weighted by Gasteiger charge is 2.49. The van der Waals surface area contributed by atoms with E-state index in [1.165, 1.54) is 24.3 Å². The molecule has 1 fully saturated rings. The smallest absolute Gasteiger partial charge is 0.188 e. The Bertz CT molecular complexity index is 1200. The van der Waals surface area contributed by atoms with Crippen molar-refractivity contribution in [2.75, 3.05) is 0 Å². The molecule has 1 aliphatic carbocycles. The Kier molecular flexibility index (Phi) is 7.02. The molecule has 1 aliphatic rings. The van der Waals surface area contributed by atoms with Crippen molar-refractivity contribution in [3.63, 3.8) is 0 Å². The standard InChI is InChI=1S/C25H27ClFN3O2S/c1-2-3-18-4-7-20(27)14-24(18)25(33(31,32)23-8-5-19(26)6-9-23)12-10-21(11-13-25)29-16-22-15-28-17-30-22/h2,4-9,14-15,17,21,29H,1,3,10-13,16H2,(H,28,30). The zero-order chi connectivity index (χ0) is 23.5. The minimum absolute atomic E-state index is 0.151. The quantitative estimate of drug-likeness (QED) is 0.421. The second-order valence-corrected chi connectivity index (χ2v) is 11.2. The molecule has 0 saturated heterocycles. The molecule has 3 aromatic rings. The van der Waals surface area contributed by atoms with Crippen molar-refractivity contribution in [2.24, 2.45) is 0 Å². The molecule has 0 atom stereocenters. The van der Waals surface area contributed by atoms with Crippen LogP contribution in [0.3, 0.4) is 0 Å². The van der Waals surface area contributed by atoms with Gasteiger partial charge in [0.25, 0.3) is 0 Å². The molecule has 5 nitrogen and oxygen atoms in total. The highest BCUT2D eigenvalue weighted by molar-refractivity contribution is 7.92. The Morgan fingerprint density at radius 1 is 1.21 bits per heavy atom. The van der Waals surface area contributed by atoms with Gasteiger partial charge in [0, 0.05) is 29.5 Å². The van der Waals surface area contributed by atoms with Crippen LogP contribution in [0.2, 0.25) is 5.02 Å². The van der Waals surface area contributed by atoms with Crippen LogP contribution in [0, 0.1) is 5.82 Å². The molecule has 2 N–H and O–H groups in total. The number of nitrogens with one attached hydrogen (secondary N) is 2. The van der Waals surface area contributed by atoms with Gasteiger partial charge in [-0.3, -0.25) is 0 Å². The Labute approximate surface area is 199 Å². The summed E-state index contributed by atoms with van der Waals surface area (Å²) in [5, 5.41) is 3.95. The Hall–Kier alpha value is -2.48. The van der Waals surface area contributed by atoms with Crippen molar-refractivity contribution in [3.05, 3.63) is 95.3 Å². The van der Waals surface area contributed by atoms with Crippen LogP contribution < -0.4 is 5.32 Å². The summed E-state index contributed by atoms with van der Waals surface area (Å²) in [6.45, 7) is 4.43. The number of benzene rings is 2. The molecule has 33 heavy (non-hydrogen) atoms. The zero-order valence-electron chi connectivity index (χ0n) is 18.2. The number of imidazole rings is 1. The molecule has 0 unspecified atom stereocenters. The molecule has 0 spiro atoms. The average Bonchev–Trinajstić information content (AvgIpc) is 3.33. The first-order valence-corrected chi connectivity index (χ1v) is 12.8. The average molecular weight is 488 g/mol. The number of hydrogen-bond donors (Lipinski definition) is 2. The van der Waals surface area contributed by atoms with Crippen LogP contribution in [0.4, 0.5) is 4.39 Å². The van der Waals surface area contributed by atoms with Crippen LogP contribution in [0.25, 0.3) is 0 Å². The molecular formula is C25H27ClFN3O2S. The summed E-state index contributed by atoms with van der Waals surface area (Å²) >= 11 is 6.01. The van der Waals surface area contributed by atoms with Gasteiger partial charge in [-0.25, -0.2) is 17.8 Å². The van der Waals surface area contributed by atoms with Gasteiger partial charge in [-0.15, -0.1) is 6.58 Å². The molecule has 0 bridgehead atoms. The molecule has 1 aromatic heterocycles. The van der Waals surface area contributed by atoms with Gasteiger partial charge in [0.1, 0.15) is 10.6 Å². The van der Waals surface area contributed by atoms with E-state index in [0.29, 0.717) is 49.2 Å². The molecule has 2 aromatic carbocycles. The van der Waals surface area contributed by atoms with Gasteiger partial charge in [-0.1, -0.05) is 23.7 Å². The fraction of sp³-hybridized carbons (Fsp3) is 0.320. The van der Waals surface area contributed by atoms with Crippen molar-refractivity contribution in [2.45, 2.75) is 54.3 Å². The number of aromatic amines is 1. The lowest BCUT2D eigenvalue weighted by atomic mass is 9.78. The molecule has 1 heterocycles. The van der Waals surface area contributed by atoms with Crippen molar-refractivity contribution in [3.8, 4) is 0 Å². The van der Waals surface area contributed by atoms with E-state index in [-0.39, 0.29) is 10.9 Å². The lowest BCUT2D eigenvalue weighted by Crippen LogP contribution is -2.45. The van der Waals surface area contributed by atoms with E-state index in [0.717, 1.165) is 11.3 Å². The number of H-pyrrole nitrogens is 1. The summed E-state index contributed by atoms with van der Waals surface area (Å²) in [5.74, 6) is -0.442. The third-order valence-corrected chi connectivity index (χ3v) is 9.30. The zero-order valence-corrected chi connectivity index (χ0v) is 19.8. The second-order valence-electron chi connectivity index (χ2n) is 8.48. The molecular weight excluding hydrogens is 461 g/mol. The van der Waals surface area contributed by atoms with E-state index in [2.05, 4.69) is 21.9 Å². The van der Waals surface area contributed by atoms with Gasteiger partial charge in [-0.05, 0) is 79.6 Å².